The molecule has 0 unspecified atom stereocenters. The number of carbonyl (C=O) groups is 2. The molecule has 2 aromatic carbocycles. The summed E-state index contributed by atoms with van der Waals surface area (Å²) < 4.78 is 0. The third kappa shape index (κ3) is 2.95. The number of halogens is 2. The molecule has 0 bridgehead atoms. The topological polar surface area (TPSA) is 54.4 Å². The van der Waals surface area contributed by atoms with Gasteiger partial charge in [-0.15, -0.1) is 0 Å². The van der Waals surface area contributed by atoms with E-state index < -0.39 is 11.6 Å². The lowest BCUT2D eigenvalue weighted by molar-refractivity contribution is 0.0815. The Morgan fingerprint density at radius 2 is 1.42 bits per heavy atom. The van der Waals surface area contributed by atoms with Crippen LogP contribution in [0.25, 0.3) is 0 Å². The van der Waals surface area contributed by atoms with E-state index in [1.165, 1.54) is 42.5 Å². The van der Waals surface area contributed by atoms with Crippen LogP contribution in [0.5, 0.6) is 5.75 Å². The van der Waals surface area contributed by atoms with Gasteiger partial charge in [0, 0.05) is 15.6 Å². The second-order valence-corrected chi connectivity index (χ2v) is 4.70. The van der Waals surface area contributed by atoms with Crippen LogP contribution in [0.15, 0.2) is 42.5 Å². The van der Waals surface area contributed by atoms with E-state index >= 15 is 0 Å². The minimum atomic E-state index is -0.795. The summed E-state index contributed by atoms with van der Waals surface area (Å²) in [5.74, 6) is -1.83. The summed E-state index contributed by atoms with van der Waals surface area (Å²) >= 11 is 11.4. The predicted octanol–water partition coefficient (Wildman–Crippen LogP) is 3.76. The molecule has 0 saturated heterocycles. The van der Waals surface area contributed by atoms with Crippen molar-refractivity contribution >= 4 is 34.8 Å². The lowest BCUT2D eigenvalue weighted by Crippen LogP contribution is -2.14. The number of carbonyl (C=O) groups excluding carboxylic acids is 2. The highest BCUT2D eigenvalue weighted by molar-refractivity contribution is 6.50. The molecule has 96 valence electrons. The Balaban J connectivity index is 2.33. The van der Waals surface area contributed by atoms with Crippen molar-refractivity contribution in [2.45, 2.75) is 0 Å². The Hall–Kier alpha value is -1.84. The number of ketones is 2. The number of benzene rings is 2. The number of aromatic hydroxyl groups is 1. The number of rotatable bonds is 3. The first-order chi connectivity index (χ1) is 8.99. The summed E-state index contributed by atoms with van der Waals surface area (Å²) in [5.41, 5.74) is 0.133. The zero-order valence-electron chi connectivity index (χ0n) is 9.56. The van der Waals surface area contributed by atoms with Gasteiger partial charge >= 0.3 is 0 Å². The standard InChI is InChI=1S/C14H8Cl2O3/c15-9-3-1-8(2-4-9)13(18)14(19)11-6-5-10(16)7-12(11)17/h1-7,17H. The van der Waals surface area contributed by atoms with Crippen LogP contribution in [0, 0.1) is 0 Å². The largest absolute Gasteiger partial charge is 0.507 e. The molecule has 3 nitrogen and oxygen atoms in total. The van der Waals surface area contributed by atoms with Crippen LogP contribution in [-0.2, 0) is 0 Å². The van der Waals surface area contributed by atoms with Gasteiger partial charge in [0.25, 0.3) is 0 Å². The summed E-state index contributed by atoms with van der Waals surface area (Å²) in [5, 5.41) is 10.4. The zero-order valence-corrected chi connectivity index (χ0v) is 11.1. The molecule has 0 aliphatic rings. The van der Waals surface area contributed by atoms with E-state index in [0.717, 1.165) is 0 Å². The Labute approximate surface area is 119 Å². The number of hydrogen-bond donors (Lipinski definition) is 1. The van der Waals surface area contributed by atoms with Crippen LogP contribution >= 0.6 is 23.2 Å². The molecule has 0 fully saturated rings. The summed E-state index contributed by atoms with van der Waals surface area (Å²) in [6, 6.07) is 9.90. The molecule has 2 rings (SSSR count). The maximum absolute atomic E-state index is 12.0. The van der Waals surface area contributed by atoms with Gasteiger partial charge in [0.1, 0.15) is 5.75 Å². The van der Waals surface area contributed by atoms with Crippen LogP contribution in [0.2, 0.25) is 10.0 Å². The lowest BCUT2D eigenvalue weighted by atomic mass is 10.0. The molecule has 1 N–H and O–H groups in total. The fourth-order valence-corrected chi connectivity index (χ4v) is 1.84. The smallest absolute Gasteiger partial charge is 0.237 e. The van der Waals surface area contributed by atoms with Crippen molar-refractivity contribution in [3.8, 4) is 5.75 Å². The molecule has 0 heterocycles. The van der Waals surface area contributed by atoms with Gasteiger partial charge in [-0.3, -0.25) is 9.59 Å². The molecular weight excluding hydrogens is 287 g/mol. The molecule has 0 aromatic heterocycles. The molecule has 0 atom stereocenters. The van der Waals surface area contributed by atoms with Crippen molar-refractivity contribution in [2.75, 3.05) is 0 Å². The van der Waals surface area contributed by atoms with Gasteiger partial charge in [0.2, 0.25) is 11.6 Å². The molecule has 19 heavy (non-hydrogen) atoms. The summed E-state index contributed by atoms with van der Waals surface area (Å²) in [6.07, 6.45) is 0. The number of hydrogen-bond acceptors (Lipinski definition) is 3. The van der Waals surface area contributed by atoms with Gasteiger partial charge in [0.05, 0.1) is 5.56 Å². The average Bonchev–Trinajstić information content (AvgIpc) is 2.38. The normalized spacial score (nSPS) is 10.2. The lowest BCUT2D eigenvalue weighted by Gasteiger charge is -2.04. The summed E-state index contributed by atoms with van der Waals surface area (Å²) in [7, 11) is 0. The second kappa shape index (κ2) is 5.43. The van der Waals surface area contributed by atoms with Crippen molar-refractivity contribution < 1.29 is 14.7 Å². The van der Waals surface area contributed by atoms with Crippen LogP contribution in [0.1, 0.15) is 20.7 Å². The Kier molecular flexibility index (Phi) is 3.88. The maximum Gasteiger partial charge on any atom is 0.237 e. The quantitative estimate of drug-likeness (QED) is 0.692. The van der Waals surface area contributed by atoms with Crippen LogP contribution in [0.3, 0.4) is 0 Å². The SMILES string of the molecule is O=C(C(=O)c1ccc(Cl)cc1O)c1ccc(Cl)cc1. The van der Waals surface area contributed by atoms with E-state index in [2.05, 4.69) is 0 Å². The zero-order chi connectivity index (χ0) is 14.0. The van der Waals surface area contributed by atoms with Crippen molar-refractivity contribution in [1.29, 1.82) is 0 Å². The van der Waals surface area contributed by atoms with Gasteiger partial charge in [-0.05, 0) is 42.5 Å². The summed E-state index contributed by atoms with van der Waals surface area (Å²) in [6.45, 7) is 0. The highest BCUT2D eigenvalue weighted by Crippen LogP contribution is 2.23. The Morgan fingerprint density at radius 1 is 0.842 bits per heavy atom. The molecule has 5 heteroatoms. The molecule has 2 aromatic rings. The highest BCUT2D eigenvalue weighted by Gasteiger charge is 2.21. The molecule has 0 aliphatic carbocycles. The fourth-order valence-electron chi connectivity index (χ4n) is 1.55. The molecule has 0 spiro atoms. The maximum atomic E-state index is 12.0. The van der Waals surface area contributed by atoms with Crippen molar-refractivity contribution in [1.82, 2.24) is 0 Å². The number of phenolic OH excluding ortho intramolecular Hbond substituents is 1. The van der Waals surface area contributed by atoms with Gasteiger partial charge in [-0.2, -0.15) is 0 Å². The van der Waals surface area contributed by atoms with Crippen LogP contribution in [0.4, 0.5) is 0 Å². The monoisotopic (exact) mass is 294 g/mol. The van der Waals surface area contributed by atoms with E-state index in [1.54, 1.807) is 0 Å². The van der Waals surface area contributed by atoms with E-state index in [-0.39, 0.29) is 21.9 Å². The van der Waals surface area contributed by atoms with Gasteiger partial charge < -0.3 is 5.11 Å². The third-order valence-electron chi connectivity index (χ3n) is 2.52. The van der Waals surface area contributed by atoms with E-state index in [9.17, 15) is 14.7 Å². The first-order valence-electron chi connectivity index (χ1n) is 5.32. The molecule has 0 aliphatic heterocycles. The average molecular weight is 295 g/mol. The highest BCUT2D eigenvalue weighted by atomic mass is 35.5. The van der Waals surface area contributed by atoms with E-state index in [0.29, 0.717) is 5.02 Å². The van der Waals surface area contributed by atoms with E-state index in [4.69, 9.17) is 23.2 Å². The second-order valence-electron chi connectivity index (χ2n) is 3.83. The number of phenols is 1. The first kappa shape index (κ1) is 13.6. The van der Waals surface area contributed by atoms with Gasteiger partial charge in [0.15, 0.2) is 0 Å². The number of Topliss-reactive ketones (excluding diaryl/α,β-unsaturated/α-hetero) is 2. The first-order valence-corrected chi connectivity index (χ1v) is 6.08. The van der Waals surface area contributed by atoms with Gasteiger partial charge in [-0.25, -0.2) is 0 Å². The minimum Gasteiger partial charge on any atom is -0.507 e. The van der Waals surface area contributed by atoms with Crippen LogP contribution in [-0.4, -0.2) is 16.7 Å². The molecule has 0 saturated carbocycles. The van der Waals surface area contributed by atoms with Gasteiger partial charge in [-0.1, -0.05) is 23.2 Å². The minimum absolute atomic E-state index is 0.0793. The third-order valence-corrected chi connectivity index (χ3v) is 3.00. The van der Waals surface area contributed by atoms with Crippen molar-refractivity contribution in [3.05, 3.63) is 63.6 Å². The van der Waals surface area contributed by atoms with Crippen molar-refractivity contribution in [2.24, 2.45) is 0 Å². The molecule has 0 amide bonds. The molecule has 0 radical (unpaired) electrons. The predicted molar refractivity (Wildman–Crippen MR) is 73.2 cm³/mol. The Bertz CT molecular complexity index is 648. The Morgan fingerprint density at radius 3 is 2.00 bits per heavy atom. The summed E-state index contributed by atoms with van der Waals surface area (Å²) in [4.78, 5) is 23.9. The fraction of sp³-hybridized carbons (Fsp3) is 0. The molecular formula is C14H8Cl2O3. The van der Waals surface area contributed by atoms with Crippen molar-refractivity contribution in [3.63, 3.8) is 0 Å². The van der Waals surface area contributed by atoms with Crippen LogP contribution < -0.4 is 0 Å². The van der Waals surface area contributed by atoms with E-state index in [1.807, 2.05) is 0 Å².